The van der Waals surface area contributed by atoms with Crippen LogP contribution in [0.5, 0.6) is 0 Å². The summed E-state index contributed by atoms with van der Waals surface area (Å²) in [5.74, 6) is 0.962. The fraction of sp³-hybridized carbons (Fsp3) is 0.435. The van der Waals surface area contributed by atoms with Crippen LogP contribution in [-0.2, 0) is 9.53 Å². The Morgan fingerprint density at radius 1 is 1.10 bits per heavy atom. The number of morpholine rings is 1. The van der Waals surface area contributed by atoms with Crippen LogP contribution in [0.25, 0.3) is 22.3 Å². The molecule has 5 rings (SSSR count). The van der Waals surface area contributed by atoms with Crippen molar-refractivity contribution in [3.8, 4) is 11.4 Å². The molecule has 0 unspecified atom stereocenters. The molecule has 1 saturated carbocycles. The van der Waals surface area contributed by atoms with Crippen molar-refractivity contribution < 1.29 is 14.6 Å². The molecule has 0 amide bonds. The number of carboxylic acids is 1. The molecule has 1 N–H and O–H groups in total. The van der Waals surface area contributed by atoms with E-state index in [1.807, 2.05) is 30.6 Å². The van der Waals surface area contributed by atoms with Gasteiger partial charge in [0, 0.05) is 36.9 Å². The van der Waals surface area contributed by atoms with Crippen molar-refractivity contribution in [3.63, 3.8) is 0 Å². The number of rotatable bonds is 4. The van der Waals surface area contributed by atoms with Crippen molar-refractivity contribution in [1.29, 1.82) is 0 Å². The van der Waals surface area contributed by atoms with Crippen LogP contribution >= 0.6 is 0 Å². The molecule has 7 heteroatoms. The molecule has 2 aromatic heterocycles. The van der Waals surface area contributed by atoms with Gasteiger partial charge in [-0.15, -0.1) is 0 Å². The summed E-state index contributed by atoms with van der Waals surface area (Å²) >= 11 is 0. The van der Waals surface area contributed by atoms with Gasteiger partial charge in [-0.1, -0.05) is 18.2 Å². The van der Waals surface area contributed by atoms with Crippen molar-refractivity contribution in [1.82, 2.24) is 14.5 Å². The average Bonchev–Trinajstić information content (AvgIpc) is 3.28. The van der Waals surface area contributed by atoms with E-state index in [0.717, 1.165) is 54.0 Å². The highest BCUT2D eigenvalue weighted by atomic mass is 16.5. The molecule has 30 heavy (non-hydrogen) atoms. The van der Waals surface area contributed by atoms with Crippen molar-refractivity contribution in [2.75, 3.05) is 31.2 Å². The van der Waals surface area contributed by atoms with Crippen LogP contribution in [-0.4, -0.2) is 51.9 Å². The zero-order valence-electron chi connectivity index (χ0n) is 16.9. The van der Waals surface area contributed by atoms with Crippen molar-refractivity contribution in [3.05, 3.63) is 42.7 Å². The molecule has 1 aromatic carbocycles. The molecule has 0 bridgehead atoms. The Balaban J connectivity index is 1.55. The van der Waals surface area contributed by atoms with E-state index in [9.17, 15) is 9.90 Å². The zero-order valence-corrected chi connectivity index (χ0v) is 16.9. The van der Waals surface area contributed by atoms with Gasteiger partial charge >= 0.3 is 5.97 Å². The second-order valence-electron chi connectivity index (χ2n) is 8.15. The van der Waals surface area contributed by atoms with Gasteiger partial charge in [-0.2, -0.15) is 0 Å². The first-order valence-electron chi connectivity index (χ1n) is 10.7. The predicted molar refractivity (Wildman–Crippen MR) is 115 cm³/mol. The van der Waals surface area contributed by atoms with E-state index < -0.39 is 5.97 Å². The Hall–Kier alpha value is -2.93. The summed E-state index contributed by atoms with van der Waals surface area (Å²) < 4.78 is 7.78. The van der Waals surface area contributed by atoms with E-state index in [4.69, 9.17) is 14.7 Å². The quantitative estimate of drug-likeness (QED) is 0.711. The van der Waals surface area contributed by atoms with Crippen LogP contribution in [0.2, 0.25) is 0 Å². The lowest BCUT2D eigenvalue weighted by molar-refractivity contribution is -0.143. The fourth-order valence-corrected chi connectivity index (χ4v) is 4.70. The third-order valence-electron chi connectivity index (χ3n) is 6.36. The van der Waals surface area contributed by atoms with Gasteiger partial charge in [-0.05, 0) is 37.8 Å². The van der Waals surface area contributed by atoms with Gasteiger partial charge in [0.05, 0.1) is 30.2 Å². The maximum atomic E-state index is 11.3. The highest BCUT2D eigenvalue weighted by Crippen LogP contribution is 2.38. The zero-order chi connectivity index (χ0) is 20.5. The largest absolute Gasteiger partial charge is 0.481 e. The normalized spacial score (nSPS) is 22.3. The lowest BCUT2D eigenvalue weighted by Crippen LogP contribution is -2.37. The van der Waals surface area contributed by atoms with E-state index >= 15 is 0 Å². The number of para-hydroxylation sites is 1. The Morgan fingerprint density at radius 2 is 1.87 bits per heavy atom. The molecule has 3 aromatic rings. The number of anilines is 1. The summed E-state index contributed by atoms with van der Waals surface area (Å²) in [6.07, 6.45) is 7.01. The Bertz CT molecular complexity index is 1050. The minimum atomic E-state index is -0.673. The fourth-order valence-electron chi connectivity index (χ4n) is 4.70. The van der Waals surface area contributed by atoms with Gasteiger partial charge in [0.25, 0.3) is 0 Å². The minimum absolute atomic E-state index is 0.223. The molecule has 3 heterocycles. The van der Waals surface area contributed by atoms with Crippen molar-refractivity contribution in [2.24, 2.45) is 5.92 Å². The van der Waals surface area contributed by atoms with Gasteiger partial charge < -0.3 is 19.3 Å². The van der Waals surface area contributed by atoms with Crippen molar-refractivity contribution >= 4 is 22.7 Å². The number of aliphatic carboxylic acids is 1. The number of carbonyl (C=O) groups is 1. The first kappa shape index (κ1) is 19.1. The van der Waals surface area contributed by atoms with E-state index in [2.05, 4.69) is 21.6 Å². The smallest absolute Gasteiger partial charge is 0.306 e. The summed E-state index contributed by atoms with van der Waals surface area (Å²) in [6.45, 7) is 3.01. The highest BCUT2D eigenvalue weighted by molar-refractivity contribution is 5.88. The Morgan fingerprint density at radius 3 is 2.63 bits per heavy atom. The third-order valence-corrected chi connectivity index (χ3v) is 6.36. The van der Waals surface area contributed by atoms with Gasteiger partial charge in [0.15, 0.2) is 0 Å². The molecule has 2 aliphatic rings. The van der Waals surface area contributed by atoms with Crippen LogP contribution in [0.3, 0.4) is 0 Å². The number of hydrogen-bond acceptors (Lipinski definition) is 5. The Labute approximate surface area is 175 Å². The van der Waals surface area contributed by atoms with E-state index in [1.165, 1.54) is 0 Å². The lowest BCUT2D eigenvalue weighted by Gasteiger charge is -2.31. The summed E-state index contributed by atoms with van der Waals surface area (Å²) in [6, 6.07) is 10.6. The number of hydrogen-bond donors (Lipinski definition) is 1. The summed E-state index contributed by atoms with van der Waals surface area (Å²) in [5.41, 5.74) is 2.00. The van der Waals surface area contributed by atoms with Crippen LogP contribution in [0.1, 0.15) is 31.7 Å². The molecule has 7 nitrogen and oxygen atoms in total. The maximum absolute atomic E-state index is 11.3. The molecular weight excluding hydrogens is 380 g/mol. The summed E-state index contributed by atoms with van der Waals surface area (Å²) in [5, 5.41) is 10.4. The second-order valence-corrected chi connectivity index (χ2v) is 8.15. The van der Waals surface area contributed by atoms with Crippen LogP contribution < -0.4 is 4.90 Å². The number of ether oxygens (including phenoxy) is 1. The molecule has 0 radical (unpaired) electrons. The lowest BCUT2D eigenvalue weighted by atomic mass is 9.86. The Kier molecular flexibility index (Phi) is 5.12. The van der Waals surface area contributed by atoms with E-state index in [-0.39, 0.29) is 12.0 Å². The topological polar surface area (TPSA) is 80.5 Å². The standard InChI is InChI=1S/C23H26N4O3/c28-23(29)16-5-7-18(8-6-16)27-10-9-24-21(27)19-15-17-3-1-2-4-20(17)25-22(19)26-11-13-30-14-12-26/h1-4,9-10,15-16,18H,5-8,11-14H2,(H,28,29). The number of pyridine rings is 1. The van der Waals surface area contributed by atoms with Gasteiger partial charge in [-0.25, -0.2) is 9.97 Å². The first-order valence-corrected chi connectivity index (χ1v) is 10.7. The van der Waals surface area contributed by atoms with Crippen molar-refractivity contribution in [2.45, 2.75) is 31.7 Å². The van der Waals surface area contributed by atoms with Crippen LogP contribution in [0, 0.1) is 5.92 Å². The number of fused-ring (bicyclic) bond motifs is 1. The molecule has 2 fully saturated rings. The summed E-state index contributed by atoms with van der Waals surface area (Å²) in [7, 11) is 0. The number of carboxylic acid groups (broad SMARTS) is 1. The number of imidazole rings is 1. The van der Waals surface area contributed by atoms with Gasteiger partial charge in [0.2, 0.25) is 0 Å². The van der Waals surface area contributed by atoms with Crippen LogP contribution in [0.15, 0.2) is 42.7 Å². The predicted octanol–water partition coefficient (Wildman–Crippen LogP) is 3.75. The van der Waals surface area contributed by atoms with Gasteiger partial charge in [0.1, 0.15) is 11.6 Å². The van der Waals surface area contributed by atoms with E-state index in [0.29, 0.717) is 26.1 Å². The summed E-state index contributed by atoms with van der Waals surface area (Å²) in [4.78, 5) is 23.4. The van der Waals surface area contributed by atoms with E-state index in [1.54, 1.807) is 0 Å². The molecule has 1 saturated heterocycles. The number of benzene rings is 1. The van der Waals surface area contributed by atoms with Gasteiger partial charge in [-0.3, -0.25) is 4.79 Å². The first-order chi connectivity index (χ1) is 14.7. The number of aromatic nitrogens is 3. The molecule has 0 atom stereocenters. The third kappa shape index (κ3) is 3.54. The maximum Gasteiger partial charge on any atom is 0.306 e. The number of nitrogens with zero attached hydrogens (tertiary/aromatic N) is 4. The van der Waals surface area contributed by atoms with Crippen LogP contribution in [0.4, 0.5) is 5.82 Å². The molecular formula is C23H26N4O3. The molecule has 1 aliphatic carbocycles. The highest BCUT2D eigenvalue weighted by Gasteiger charge is 2.29. The molecule has 0 spiro atoms. The second kappa shape index (κ2) is 8.07. The SMILES string of the molecule is O=C(O)C1CCC(n2ccnc2-c2cc3ccccc3nc2N2CCOCC2)CC1. The minimum Gasteiger partial charge on any atom is -0.481 e. The monoisotopic (exact) mass is 406 g/mol. The molecule has 156 valence electrons. The average molecular weight is 406 g/mol. The molecule has 1 aliphatic heterocycles.